The minimum absolute atomic E-state index is 0.0728. The fourth-order valence-corrected chi connectivity index (χ4v) is 3.86. The van der Waals surface area contributed by atoms with Gasteiger partial charge in [0.25, 0.3) is 5.91 Å². The maximum Gasteiger partial charge on any atom is 0.256 e. The summed E-state index contributed by atoms with van der Waals surface area (Å²) in [4.78, 5) is 13.8. The van der Waals surface area contributed by atoms with Gasteiger partial charge in [-0.15, -0.1) is 0 Å². The van der Waals surface area contributed by atoms with E-state index in [0.29, 0.717) is 13.2 Å². The number of carbonyl (C=O) groups excluding carboxylic acids is 1. The molecule has 0 spiro atoms. The lowest BCUT2D eigenvalue weighted by Crippen LogP contribution is -2.40. The average Bonchev–Trinajstić information content (AvgIpc) is 2.60. The Morgan fingerprint density at radius 3 is 2.58 bits per heavy atom. The molecule has 1 aliphatic heterocycles. The van der Waals surface area contributed by atoms with Crippen molar-refractivity contribution in [1.29, 1.82) is 0 Å². The Bertz CT molecular complexity index is 702. The van der Waals surface area contributed by atoms with Gasteiger partial charge < -0.3 is 9.64 Å². The molecule has 24 heavy (non-hydrogen) atoms. The van der Waals surface area contributed by atoms with Crippen LogP contribution in [0.5, 0.6) is 0 Å². The molecular weight excluding hydrogens is 335 g/mol. The number of nitrogens with zero attached hydrogens (tertiary/aromatic N) is 2. The number of carbonyl (C=O) groups is 1. The molecule has 1 aliphatic rings. The molecule has 134 valence electrons. The molecule has 0 aliphatic carbocycles. The maximum atomic E-state index is 14.1. The minimum Gasteiger partial charge on any atom is -0.379 e. The first-order valence-corrected chi connectivity index (χ1v) is 9.37. The van der Waals surface area contributed by atoms with Crippen LogP contribution in [-0.2, 0) is 14.8 Å². The highest BCUT2D eigenvalue weighted by Gasteiger charge is 2.28. The maximum absolute atomic E-state index is 14.1. The van der Waals surface area contributed by atoms with Crippen LogP contribution in [-0.4, -0.2) is 62.9 Å². The molecule has 1 unspecified atom stereocenters. The molecule has 1 aromatic carbocycles. The first-order valence-electron chi connectivity index (χ1n) is 7.93. The Morgan fingerprint density at radius 2 is 2.00 bits per heavy atom. The van der Waals surface area contributed by atoms with Crippen LogP contribution in [0.1, 0.15) is 30.6 Å². The van der Waals surface area contributed by atoms with E-state index < -0.39 is 21.7 Å². The van der Waals surface area contributed by atoms with Crippen LogP contribution < -0.4 is 0 Å². The van der Waals surface area contributed by atoms with E-state index in [1.165, 1.54) is 15.3 Å². The van der Waals surface area contributed by atoms with Gasteiger partial charge in [-0.3, -0.25) is 4.79 Å². The van der Waals surface area contributed by atoms with Crippen LogP contribution in [0, 0.1) is 5.82 Å². The smallest absolute Gasteiger partial charge is 0.256 e. The van der Waals surface area contributed by atoms with Crippen LogP contribution in [0.4, 0.5) is 4.39 Å². The van der Waals surface area contributed by atoms with Crippen molar-refractivity contribution >= 4 is 15.9 Å². The molecular formula is C16H23FN2O4S. The van der Waals surface area contributed by atoms with E-state index in [1.54, 1.807) is 7.05 Å². The number of halogens is 1. The minimum atomic E-state index is -3.77. The van der Waals surface area contributed by atoms with E-state index in [1.807, 2.05) is 13.8 Å². The van der Waals surface area contributed by atoms with Gasteiger partial charge >= 0.3 is 0 Å². The molecule has 0 radical (unpaired) electrons. The molecule has 1 atom stereocenters. The Morgan fingerprint density at radius 1 is 1.38 bits per heavy atom. The molecule has 0 saturated carbocycles. The zero-order valence-corrected chi connectivity index (χ0v) is 15.0. The van der Waals surface area contributed by atoms with Crippen LogP contribution in [0.25, 0.3) is 0 Å². The van der Waals surface area contributed by atoms with Gasteiger partial charge in [-0.05, 0) is 31.5 Å². The summed E-state index contributed by atoms with van der Waals surface area (Å²) in [6.45, 7) is 4.91. The number of amides is 1. The third-order valence-electron chi connectivity index (χ3n) is 4.35. The normalized spacial score (nSPS) is 17.5. The van der Waals surface area contributed by atoms with E-state index >= 15 is 0 Å². The monoisotopic (exact) mass is 358 g/mol. The molecule has 1 heterocycles. The van der Waals surface area contributed by atoms with E-state index in [2.05, 4.69) is 0 Å². The second-order valence-corrected chi connectivity index (χ2v) is 7.77. The highest BCUT2D eigenvalue weighted by atomic mass is 32.2. The molecule has 0 aromatic heterocycles. The van der Waals surface area contributed by atoms with E-state index in [4.69, 9.17) is 4.74 Å². The van der Waals surface area contributed by atoms with Crippen molar-refractivity contribution in [2.24, 2.45) is 0 Å². The highest BCUT2D eigenvalue weighted by Crippen LogP contribution is 2.21. The summed E-state index contributed by atoms with van der Waals surface area (Å²) in [5.74, 6) is -1.25. The van der Waals surface area contributed by atoms with Gasteiger partial charge in [0.2, 0.25) is 10.0 Å². The van der Waals surface area contributed by atoms with Gasteiger partial charge in [0.1, 0.15) is 5.82 Å². The van der Waals surface area contributed by atoms with Crippen molar-refractivity contribution < 1.29 is 22.3 Å². The van der Waals surface area contributed by atoms with Crippen LogP contribution in [0.2, 0.25) is 0 Å². The van der Waals surface area contributed by atoms with Gasteiger partial charge in [-0.1, -0.05) is 6.92 Å². The molecule has 6 nitrogen and oxygen atoms in total. The number of morpholine rings is 1. The summed E-state index contributed by atoms with van der Waals surface area (Å²) in [7, 11) is -2.19. The van der Waals surface area contributed by atoms with Gasteiger partial charge in [0.05, 0.1) is 23.7 Å². The first kappa shape index (κ1) is 18.8. The van der Waals surface area contributed by atoms with Crippen molar-refractivity contribution in [3.63, 3.8) is 0 Å². The number of ether oxygens (including phenoxy) is 1. The Kier molecular flexibility index (Phi) is 5.95. The van der Waals surface area contributed by atoms with Gasteiger partial charge in [0, 0.05) is 26.2 Å². The Labute approximate surface area is 142 Å². The molecule has 8 heteroatoms. The molecule has 2 rings (SSSR count). The lowest BCUT2D eigenvalue weighted by atomic mass is 10.1. The number of benzene rings is 1. The zero-order chi connectivity index (χ0) is 17.9. The number of hydrogen-bond donors (Lipinski definition) is 0. The third-order valence-corrected chi connectivity index (χ3v) is 6.24. The second kappa shape index (κ2) is 7.58. The lowest BCUT2D eigenvalue weighted by molar-refractivity contribution is 0.0727. The lowest BCUT2D eigenvalue weighted by Gasteiger charge is -2.27. The molecule has 1 saturated heterocycles. The van der Waals surface area contributed by atoms with Crippen molar-refractivity contribution in [3.8, 4) is 0 Å². The van der Waals surface area contributed by atoms with Gasteiger partial charge in [0.15, 0.2) is 0 Å². The summed E-state index contributed by atoms with van der Waals surface area (Å²) in [5, 5.41) is 0. The summed E-state index contributed by atoms with van der Waals surface area (Å²) >= 11 is 0. The van der Waals surface area contributed by atoms with Crippen molar-refractivity contribution in [3.05, 3.63) is 29.6 Å². The standard InChI is InChI=1S/C16H23FN2O4S/c1-4-12(2)18(3)16(20)14-11-13(5-6-15(14)17)24(21,22)19-7-9-23-10-8-19/h5-6,11-12H,4,7-10H2,1-3H3. The van der Waals surface area contributed by atoms with E-state index in [9.17, 15) is 17.6 Å². The predicted molar refractivity (Wildman–Crippen MR) is 87.8 cm³/mol. The second-order valence-electron chi connectivity index (χ2n) is 5.83. The molecule has 1 fully saturated rings. The molecule has 1 aromatic rings. The fraction of sp³-hybridized carbons (Fsp3) is 0.562. The highest BCUT2D eigenvalue weighted by molar-refractivity contribution is 7.89. The quantitative estimate of drug-likeness (QED) is 0.804. The van der Waals surface area contributed by atoms with Gasteiger partial charge in [-0.2, -0.15) is 4.31 Å². The number of hydrogen-bond acceptors (Lipinski definition) is 4. The summed E-state index contributed by atoms with van der Waals surface area (Å²) in [6.07, 6.45) is 0.718. The van der Waals surface area contributed by atoms with E-state index in [0.717, 1.165) is 18.6 Å². The van der Waals surface area contributed by atoms with Crippen LogP contribution >= 0.6 is 0 Å². The summed E-state index contributed by atoms with van der Waals surface area (Å²) in [5.41, 5.74) is -0.230. The van der Waals surface area contributed by atoms with Crippen molar-refractivity contribution in [2.45, 2.75) is 31.2 Å². The van der Waals surface area contributed by atoms with Gasteiger partial charge in [-0.25, -0.2) is 12.8 Å². The first-order chi connectivity index (χ1) is 11.3. The summed E-state index contributed by atoms with van der Waals surface area (Å²) < 4.78 is 45.9. The van der Waals surface area contributed by atoms with Crippen molar-refractivity contribution in [1.82, 2.24) is 9.21 Å². The van der Waals surface area contributed by atoms with Crippen molar-refractivity contribution in [2.75, 3.05) is 33.4 Å². The number of rotatable bonds is 5. The number of sulfonamides is 1. The Hall–Kier alpha value is -1.51. The Balaban J connectivity index is 2.36. The molecule has 0 bridgehead atoms. The van der Waals surface area contributed by atoms with E-state index in [-0.39, 0.29) is 29.6 Å². The topological polar surface area (TPSA) is 66.9 Å². The fourth-order valence-electron chi connectivity index (χ4n) is 2.43. The van der Waals surface area contributed by atoms with Crippen LogP contribution in [0.15, 0.2) is 23.1 Å². The summed E-state index contributed by atoms with van der Waals surface area (Å²) in [6, 6.07) is 3.28. The SMILES string of the molecule is CCC(C)N(C)C(=O)c1cc(S(=O)(=O)N2CCOCC2)ccc1F. The average molecular weight is 358 g/mol. The largest absolute Gasteiger partial charge is 0.379 e. The predicted octanol–water partition coefficient (Wildman–Crippen LogP) is 1.72. The zero-order valence-electron chi connectivity index (χ0n) is 14.2. The van der Waals surface area contributed by atoms with Crippen LogP contribution in [0.3, 0.4) is 0 Å². The molecule has 0 N–H and O–H groups in total. The third kappa shape index (κ3) is 3.76. The molecule has 1 amide bonds.